The fourth-order valence-electron chi connectivity index (χ4n) is 1.53. The van der Waals surface area contributed by atoms with Crippen LogP contribution < -0.4 is 5.32 Å². The van der Waals surface area contributed by atoms with Gasteiger partial charge in [0.05, 0.1) is 13.2 Å². The van der Waals surface area contributed by atoms with Gasteiger partial charge < -0.3 is 10.1 Å². The monoisotopic (exact) mass is 262 g/mol. The molecular weight excluding hydrogens is 248 g/mol. The van der Waals surface area contributed by atoms with E-state index < -0.39 is 0 Å². The number of halogens is 1. The van der Waals surface area contributed by atoms with Gasteiger partial charge in [0.1, 0.15) is 5.82 Å². The molecule has 2 rings (SSSR count). The van der Waals surface area contributed by atoms with E-state index in [1.807, 2.05) is 49.6 Å². The van der Waals surface area contributed by atoms with Crippen molar-refractivity contribution in [3.63, 3.8) is 0 Å². The minimum absolute atomic E-state index is 0.555. The second-order valence-corrected chi connectivity index (χ2v) is 4.36. The Hall–Kier alpha value is -1.58. The van der Waals surface area contributed by atoms with E-state index in [4.69, 9.17) is 16.3 Å². The van der Waals surface area contributed by atoms with E-state index in [0.29, 0.717) is 13.2 Å². The first kappa shape index (κ1) is 12.9. The molecular formula is C14H15ClN2O. The smallest absolute Gasteiger partial charge is 0.125 e. The van der Waals surface area contributed by atoms with Crippen molar-refractivity contribution in [1.82, 2.24) is 4.98 Å². The highest BCUT2D eigenvalue weighted by molar-refractivity contribution is 6.30. The third-order valence-corrected chi connectivity index (χ3v) is 2.78. The van der Waals surface area contributed by atoms with Crippen molar-refractivity contribution in [3.05, 3.63) is 58.7 Å². The van der Waals surface area contributed by atoms with Gasteiger partial charge in [-0.15, -0.1) is 0 Å². The van der Waals surface area contributed by atoms with E-state index in [0.717, 1.165) is 22.0 Å². The average Bonchev–Trinajstić information content (AvgIpc) is 2.42. The molecule has 0 fully saturated rings. The Balaban J connectivity index is 1.82. The fourth-order valence-corrected chi connectivity index (χ4v) is 1.65. The summed E-state index contributed by atoms with van der Waals surface area (Å²) in [7, 11) is 1.85. The van der Waals surface area contributed by atoms with Crippen LogP contribution in [0.1, 0.15) is 11.1 Å². The van der Waals surface area contributed by atoms with Crippen molar-refractivity contribution in [3.8, 4) is 0 Å². The Labute approximate surface area is 112 Å². The zero-order valence-corrected chi connectivity index (χ0v) is 10.9. The summed E-state index contributed by atoms with van der Waals surface area (Å²) in [6, 6.07) is 11.6. The summed E-state index contributed by atoms with van der Waals surface area (Å²) in [4.78, 5) is 4.23. The first-order valence-corrected chi connectivity index (χ1v) is 6.10. The number of rotatable bonds is 5. The normalized spacial score (nSPS) is 10.3. The Morgan fingerprint density at radius 3 is 2.33 bits per heavy atom. The summed E-state index contributed by atoms with van der Waals surface area (Å²) in [6.45, 7) is 1.13. The van der Waals surface area contributed by atoms with E-state index in [2.05, 4.69) is 10.3 Å². The van der Waals surface area contributed by atoms with Crippen molar-refractivity contribution in [2.45, 2.75) is 13.2 Å². The summed E-state index contributed by atoms with van der Waals surface area (Å²) >= 11 is 5.82. The van der Waals surface area contributed by atoms with E-state index in [-0.39, 0.29) is 0 Å². The van der Waals surface area contributed by atoms with Gasteiger partial charge in [-0.05, 0) is 29.3 Å². The Morgan fingerprint density at radius 2 is 1.72 bits per heavy atom. The van der Waals surface area contributed by atoms with Gasteiger partial charge in [0.25, 0.3) is 0 Å². The lowest BCUT2D eigenvalue weighted by molar-refractivity contribution is 0.107. The summed E-state index contributed by atoms with van der Waals surface area (Å²) in [5.41, 5.74) is 2.17. The Bertz CT molecular complexity index is 482. The zero-order chi connectivity index (χ0) is 12.8. The van der Waals surface area contributed by atoms with E-state index in [1.54, 1.807) is 0 Å². The molecule has 0 saturated carbocycles. The Kier molecular flexibility index (Phi) is 4.56. The van der Waals surface area contributed by atoms with Gasteiger partial charge >= 0.3 is 0 Å². The van der Waals surface area contributed by atoms with Gasteiger partial charge in [-0.1, -0.05) is 29.8 Å². The quantitative estimate of drug-likeness (QED) is 0.896. The van der Waals surface area contributed by atoms with Crippen molar-refractivity contribution >= 4 is 17.4 Å². The molecule has 1 heterocycles. The molecule has 0 atom stereocenters. The largest absolute Gasteiger partial charge is 0.373 e. The third kappa shape index (κ3) is 3.72. The Morgan fingerprint density at radius 1 is 1.06 bits per heavy atom. The highest BCUT2D eigenvalue weighted by Crippen LogP contribution is 2.11. The number of ether oxygens (including phenoxy) is 1. The number of anilines is 1. The van der Waals surface area contributed by atoms with Crippen LogP contribution in [0.15, 0.2) is 42.6 Å². The third-order valence-electron chi connectivity index (χ3n) is 2.53. The number of aromatic nitrogens is 1. The molecule has 0 radical (unpaired) electrons. The van der Waals surface area contributed by atoms with Crippen molar-refractivity contribution in [2.24, 2.45) is 0 Å². The van der Waals surface area contributed by atoms with Gasteiger partial charge in [0.2, 0.25) is 0 Å². The van der Waals surface area contributed by atoms with Gasteiger partial charge in [0.15, 0.2) is 0 Å². The average molecular weight is 263 g/mol. The van der Waals surface area contributed by atoms with E-state index in [9.17, 15) is 0 Å². The van der Waals surface area contributed by atoms with E-state index >= 15 is 0 Å². The van der Waals surface area contributed by atoms with Crippen molar-refractivity contribution < 1.29 is 4.74 Å². The zero-order valence-electron chi connectivity index (χ0n) is 10.2. The predicted octanol–water partition coefficient (Wildman–Crippen LogP) is 3.49. The van der Waals surface area contributed by atoms with Crippen LogP contribution in [0, 0.1) is 0 Å². The van der Waals surface area contributed by atoms with Crippen LogP contribution in [0.3, 0.4) is 0 Å². The molecule has 0 aliphatic heterocycles. The standard InChI is InChI=1S/C14H15ClN2O/c1-16-14-7-4-12(8-17-14)10-18-9-11-2-5-13(15)6-3-11/h2-8H,9-10H2,1H3,(H,16,17). The molecule has 94 valence electrons. The molecule has 0 aliphatic carbocycles. The van der Waals surface area contributed by atoms with Crippen LogP contribution >= 0.6 is 11.6 Å². The predicted molar refractivity (Wildman–Crippen MR) is 73.7 cm³/mol. The van der Waals surface area contributed by atoms with Gasteiger partial charge in [0, 0.05) is 18.3 Å². The molecule has 3 nitrogen and oxygen atoms in total. The first-order valence-electron chi connectivity index (χ1n) is 5.73. The highest BCUT2D eigenvalue weighted by atomic mass is 35.5. The maximum absolute atomic E-state index is 5.82. The summed E-state index contributed by atoms with van der Waals surface area (Å²) in [6.07, 6.45) is 1.81. The van der Waals surface area contributed by atoms with Crippen LogP contribution in [0.25, 0.3) is 0 Å². The van der Waals surface area contributed by atoms with Crippen molar-refractivity contribution in [1.29, 1.82) is 0 Å². The summed E-state index contributed by atoms with van der Waals surface area (Å²) in [5, 5.41) is 3.72. The molecule has 2 aromatic rings. The number of hydrogen-bond donors (Lipinski definition) is 1. The minimum Gasteiger partial charge on any atom is -0.373 e. The summed E-state index contributed by atoms with van der Waals surface area (Å²) < 4.78 is 5.62. The van der Waals surface area contributed by atoms with Crippen LogP contribution in [-0.4, -0.2) is 12.0 Å². The summed E-state index contributed by atoms with van der Waals surface area (Å²) in [5.74, 6) is 0.858. The lowest BCUT2D eigenvalue weighted by atomic mass is 10.2. The second-order valence-electron chi connectivity index (χ2n) is 3.92. The molecule has 0 unspecified atom stereocenters. The highest BCUT2D eigenvalue weighted by Gasteiger charge is 1.97. The number of benzene rings is 1. The maximum Gasteiger partial charge on any atom is 0.125 e. The van der Waals surface area contributed by atoms with Gasteiger partial charge in [-0.2, -0.15) is 0 Å². The lowest BCUT2D eigenvalue weighted by Gasteiger charge is -2.05. The second kappa shape index (κ2) is 6.38. The number of nitrogens with one attached hydrogen (secondary N) is 1. The van der Waals surface area contributed by atoms with Crippen molar-refractivity contribution in [2.75, 3.05) is 12.4 Å². The molecule has 0 amide bonds. The minimum atomic E-state index is 0.555. The SMILES string of the molecule is CNc1ccc(COCc2ccc(Cl)cc2)cn1. The molecule has 1 aromatic heterocycles. The van der Waals surface area contributed by atoms with E-state index in [1.165, 1.54) is 0 Å². The molecule has 0 saturated heterocycles. The van der Waals surface area contributed by atoms with Crippen LogP contribution in [0.2, 0.25) is 5.02 Å². The van der Waals surface area contributed by atoms with Gasteiger partial charge in [-0.3, -0.25) is 0 Å². The molecule has 0 aliphatic rings. The lowest BCUT2D eigenvalue weighted by Crippen LogP contribution is -1.96. The molecule has 1 aromatic carbocycles. The number of pyridine rings is 1. The molecule has 0 spiro atoms. The fraction of sp³-hybridized carbons (Fsp3) is 0.214. The number of hydrogen-bond acceptors (Lipinski definition) is 3. The van der Waals surface area contributed by atoms with Gasteiger partial charge in [-0.25, -0.2) is 4.98 Å². The first-order chi connectivity index (χ1) is 8.78. The molecule has 1 N–H and O–H groups in total. The van der Waals surface area contributed by atoms with Crippen LogP contribution in [0.4, 0.5) is 5.82 Å². The van der Waals surface area contributed by atoms with Crippen LogP contribution in [-0.2, 0) is 18.0 Å². The molecule has 4 heteroatoms. The maximum atomic E-state index is 5.82. The molecule has 0 bridgehead atoms. The van der Waals surface area contributed by atoms with Crippen LogP contribution in [0.5, 0.6) is 0 Å². The number of nitrogens with zero attached hydrogens (tertiary/aromatic N) is 1. The topological polar surface area (TPSA) is 34.1 Å². The molecule has 18 heavy (non-hydrogen) atoms.